The van der Waals surface area contributed by atoms with E-state index in [-0.39, 0.29) is 6.61 Å². The quantitative estimate of drug-likeness (QED) is 0.734. The highest BCUT2D eigenvalue weighted by Crippen LogP contribution is 2.21. The maximum atomic E-state index is 9.62. The van der Waals surface area contributed by atoms with Gasteiger partial charge in [-0.25, -0.2) is 6.57 Å². The van der Waals surface area contributed by atoms with E-state index in [1.165, 1.54) is 7.11 Å². The van der Waals surface area contributed by atoms with Crippen LogP contribution in [-0.2, 0) is 4.74 Å². The molecule has 1 unspecified atom stereocenters. The van der Waals surface area contributed by atoms with Crippen LogP contribution in [-0.4, -0.2) is 24.9 Å². The van der Waals surface area contributed by atoms with Gasteiger partial charge in [0.2, 0.25) is 0 Å². The van der Waals surface area contributed by atoms with Gasteiger partial charge in [0.25, 0.3) is 6.04 Å². The molecule has 3 nitrogen and oxygen atoms in total. The molecule has 1 aromatic carbocycles. The van der Waals surface area contributed by atoms with Crippen molar-refractivity contribution in [3.05, 3.63) is 47.3 Å². The van der Waals surface area contributed by atoms with Gasteiger partial charge in [-0.3, -0.25) is 0 Å². The van der Waals surface area contributed by atoms with Crippen LogP contribution in [0.1, 0.15) is 11.6 Å². The summed E-state index contributed by atoms with van der Waals surface area (Å²) in [5, 5.41) is 9.62. The molecule has 14 heavy (non-hydrogen) atoms. The molecular formula is C11H13NO2. The third kappa shape index (κ3) is 2.56. The predicted octanol–water partition coefficient (Wildman–Crippen LogP) is 1.65. The number of hydrogen-bond donors (Lipinski definition) is 1. The number of benzene rings is 1. The highest BCUT2D eigenvalue weighted by atomic mass is 16.5. The molecule has 0 bridgehead atoms. The number of nitrogens with zero attached hydrogens (tertiary/aromatic N) is 1. The van der Waals surface area contributed by atoms with Gasteiger partial charge in [-0.15, -0.1) is 0 Å². The highest BCUT2D eigenvalue weighted by Gasteiger charge is 2.25. The second-order valence-electron chi connectivity index (χ2n) is 3.01. The topological polar surface area (TPSA) is 33.8 Å². The molecule has 0 aliphatic carbocycles. The Morgan fingerprint density at radius 2 is 2.07 bits per heavy atom. The molecule has 0 amide bonds. The molecule has 0 heterocycles. The monoisotopic (exact) mass is 191 g/mol. The third-order valence-electron chi connectivity index (χ3n) is 1.98. The van der Waals surface area contributed by atoms with Crippen molar-refractivity contribution in [2.75, 3.05) is 13.7 Å². The molecule has 74 valence electrons. The molecule has 0 spiro atoms. The smallest absolute Gasteiger partial charge is 0.276 e. The Bertz CT molecular complexity index is 305. The first-order valence-corrected chi connectivity index (χ1v) is 4.38. The lowest BCUT2D eigenvalue weighted by molar-refractivity contribution is 0.0553. The number of hydrogen-bond acceptors (Lipinski definition) is 2. The maximum Gasteiger partial charge on any atom is 0.276 e. The van der Waals surface area contributed by atoms with Gasteiger partial charge in [-0.05, 0) is 0 Å². The highest BCUT2D eigenvalue weighted by molar-refractivity contribution is 5.22. The fraction of sp³-hybridized carbons (Fsp3) is 0.364. The standard InChI is InChI=1S/C11H13NO2/c1-12-11(10(13)8-14-2)9-6-4-3-5-7-9/h3-7,10-11,13H,8H2,2H3/t10-,11?/m0/s1. The summed E-state index contributed by atoms with van der Waals surface area (Å²) in [6.45, 7) is 7.20. The molecule has 0 saturated heterocycles. The summed E-state index contributed by atoms with van der Waals surface area (Å²) in [6.07, 6.45) is -0.764. The molecule has 1 N–H and O–H groups in total. The van der Waals surface area contributed by atoms with E-state index in [0.717, 1.165) is 5.56 Å². The first kappa shape index (κ1) is 10.7. The summed E-state index contributed by atoms with van der Waals surface area (Å²) < 4.78 is 4.81. The van der Waals surface area contributed by atoms with Crippen LogP contribution in [0.3, 0.4) is 0 Å². The second kappa shape index (κ2) is 5.38. The van der Waals surface area contributed by atoms with Crippen LogP contribution in [0.25, 0.3) is 4.85 Å². The summed E-state index contributed by atoms with van der Waals surface area (Å²) in [5.41, 5.74) is 0.826. The summed E-state index contributed by atoms with van der Waals surface area (Å²) in [4.78, 5) is 3.40. The Kier molecular flexibility index (Phi) is 4.11. The van der Waals surface area contributed by atoms with Gasteiger partial charge < -0.3 is 14.7 Å². The average molecular weight is 191 g/mol. The van der Waals surface area contributed by atoms with Crippen LogP contribution in [0.4, 0.5) is 0 Å². The molecule has 1 rings (SSSR count). The van der Waals surface area contributed by atoms with E-state index < -0.39 is 12.1 Å². The van der Waals surface area contributed by atoms with Crippen molar-refractivity contribution < 1.29 is 9.84 Å². The third-order valence-corrected chi connectivity index (χ3v) is 1.98. The minimum absolute atomic E-state index is 0.182. The molecule has 0 radical (unpaired) electrons. The van der Waals surface area contributed by atoms with Gasteiger partial charge in [-0.2, -0.15) is 0 Å². The van der Waals surface area contributed by atoms with Crippen molar-refractivity contribution in [1.29, 1.82) is 0 Å². The van der Waals surface area contributed by atoms with Crippen molar-refractivity contribution >= 4 is 0 Å². The maximum absolute atomic E-state index is 9.62. The number of ether oxygens (including phenoxy) is 1. The Balaban J connectivity index is 2.78. The fourth-order valence-corrected chi connectivity index (χ4v) is 1.29. The SMILES string of the molecule is [C-]#[N+]C(c1ccccc1)[C@@H](O)COC. The van der Waals surface area contributed by atoms with Crippen LogP contribution < -0.4 is 0 Å². The summed E-state index contributed by atoms with van der Waals surface area (Å²) in [7, 11) is 1.51. The van der Waals surface area contributed by atoms with E-state index in [1.807, 2.05) is 30.3 Å². The van der Waals surface area contributed by atoms with Gasteiger partial charge in [0, 0.05) is 12.7 Å². The molecule has 0 aromatic heterocycles. The van der Waals surface area contributed by atoms with Crippen LogP contribution >= 0.6 is 0 Å². The van der Waals surface area contributed by atoms with Crippen LogP contribution in [0.15, 0.2) is 30.3 Å². The van der Waals surface area contributed by atoms with Gasteiger partial charge >= 0.3 is 0 Å². The molecule has 0 saturated carbocycles. The van der Waals surface area contributed by atoms with Gasteiger partial charge in [-0.1, -0.05) is 30.3 Å². The average Bonchev–Trinajstić information content (AvgIpc) is 2.21. The summed E-state index contributed by atoms with van der Waals surface area (Å²) >= 11 is 0. The van der Waals surface area contributed by atoms with E-state index in [9.17, 15) is 5.11 Å². The molecule has 1 aromatic rings. The first-order chi connectivity index (χ1) is 6.79. The molecule has 0 fully saturated rings. The number of aliphatic hydroxyl groups excluding tert-OH is 1. The van der Waals surface area contributed by atoms with Gasteiger partial charge in [0.05, 0.1) is 6.61 Å². The summed E-state index contributed by atoms with van der Waals surface area (Å²) in [5.74, 6) is 0. The van der Waals surface area contributed by atoms with Crippen molar-refractivity contribution in [2.24, 2.45) is 0 Å². The lowest BCUT2D eigenvalue weighted by Crippen LogP contribution is -2.21. The van der Waals surface area contributed by atoms with E-state index in [1.54, 1.807) is 0 Å². The summed E-state index contributed by atoms with van der Waals surface area (Å²) in [6, 6.07) is 8.73. The molecule has 3 heteroatoms. The Morgan fingerprint density at radius 3 is 2.57 bits per heavy atom. The van der Waals surface area contributed by atoms with Crippen molar-refractivity contribution in [2.45, 2.75) is 12.1 Å². The zero-order valence-electron chi connectivity index (χ0n) is 8.05. The normalized spacial score (nSPS) is 14.4. The predicted molar refractivity (Wildman–Crippen MR) is 53.7 cm³/mol. The molecule has 2 atom stereocenters. The fourth-order valence-electron chi connectivity index (χ4n) is 1.29. The minimum atomic E-state index is -0.764. The molecule has 0 aliphatic rings. The largest absolute Gasteiger partial charge is 0.382 e. The first-order valence-electron chi connectivity index (χ1n) is 4.38. The second-order valence-corrected chi connectivity index (χ2v) is 3.01. The number of methoxy groups -OCH3 is 1. The van der Waals surface area contributed by atoms with Crippen LogP contribution in [0.5, 0.6) is 0 Å². The number of aliphatic hydroxyl groups is 1. The minimum Gasteiger partial charge on any atom is -0.382 e. The van der Waals surface area contributed by atoms with E-state index >= 15 is 0 Å². The van der Waals surface area contributed by atoms with E-state index in [0.29, 0.717) is 0 Å². The zero-order valence-corrected chi connectivity index (χ0v) is 8.05. The number of rotatable bonds is 4. The molecular weight excluding hydrogens is 178 g/mol. The Hall–Kier alpha value is -1.37. The van der Waals surface area contributed by atoms with E-state index in [2.05, 4.69) is 4.85 Å². The van der Waals surface area contributed by atoms with Gasteiger partial charge in [0.1, 0.15) is 0 Å². The Morgan fingerprint density at radius 1 is 1.43 bits per heavy atom. The van der Waals surface area contributed by atoms with Crippen molar-refractivity contribution in [3.63, 3.8) is 0 Å². The van der Waals surface area contributed by atoms with Gasteiger partial charge in [0.15, 0.2) is 6.10 Å². The van der Waals surface area contributed by atoms with Crippen molar-refractivity contribution in [3.8, 4) is 0 Å². The van der Waals surface area contributed by atoms with Crippen LogP contribution in [0, 0.1) is 6.57 Å². The molecule has 0 aliphatic heterocycles. The van der Waals surface area contributed by atoms with Crippen LogP contribution in [0.2, 0.25) is 0 Å². The van der Waals surface area contributed by atoms with E-state index in [4.69, 9.17) is 11.3 Å². The zero-order chi connectivity index (χ0) is 10.4. The van der Waals surface area contributed by atoms with Crippen molar-refractivity contribution in [1.82, 2.24) is 0 Å². The lowest BCUT2D eigenvalue weighted by atomic mass is 10.0. The Labute approximate surface area is 83.8 Å². The lowest BCUT2D eigenvalue weighted by Gasteiger charge is -2.11.